The summed E-state index contributed by atoms with van der Waals surface area (Å²) in [6.07, 6.45) is 0.0884. The number of hydrogen-bond donors (Lipinski definition) is 1. The van der Waals surface area contributed by atoms with E-state index in [1.807, 2.05) is 30.3 Å². The molecule has 0 aliphatic rings. The van der Waals surface area contributed by atoms with Crippen molar-refractivity contribution < 1.29 is 14.7 Å². The number of anilines is 1. The van der Waals surface area contributed by atoms with Crippen LogP contribution in [0.15, 0.2) is 53.9 Å². The van der Waals surface area contributed by atoms with Gasteiger partial charge in [-0.25, -0.2) is 4.98 Å². The van der Waals surface area contributed by atoms with Gasteiger partial charge < -0.3 is 5.11 Å². The Labute approximate surface area is 182 Å². The predicted octanol–water partition coefficient (Wildman–Crippen LogP) is 5.41. The molecule has 0 saturated carbocycles. The number of halogens is 2. The number of amides is 1. The molecular formula is C21H18Cl2N2O3S. The van der Waals surface area contributed by atoms with Crippen LogP contribution in [-0.2, 0) is 16.0 Å². The molecule has 1 heterocycles. The normalized spacial score (nSPS) is 11.8. The number of carboxylic acid groups (broad SMARTS) is 1. The van der Waals surface area contributed by atoms with Crippen LogP contribution in [0, 0.1) is 5.92 Å². The van der Waals surface area contributed by atoms with Gasteiger partial charge >= 0.3 is 5.97 Å². The summed E-state index contributed by atoms with van der Waals surface area (Å²) in [5.41, 5.74) is 2.19. The molecule has 1 unspecified atom stereocenters. The average Bonchev–Trinajstić information content (AvgIpc) is 3.19. The smallest absolute Gasteiger partial charge is 0.304 e. The number of aromatic nitrogens is 1. The molecule has 0 aliphatic heterocycles. The van der Waals surface area contributed by atoms with Gasteiger partial charge in [-0.15, -0.1) is 11.3 Å². The van der Waals surface area contributed by atoms with Gasteiger partial charge in [-0.2, -0.15) is 0 Å². The van der Waals surface area contributed by atoms with Gasteiger partial charge in [0.15, 0.2) is 5.13 Å². The molecule has 1 atom stereocenters. The summed E-state index contributed by atoms with van der Waals surface area (Å²) >= 11 is 13.6. The highest BCUT2D eigenvalue weighted by Crippen LogP contribution is 2.35. The van der Waals surface area contributed by atoms with Gasteiger partial charge in [-0.3, -0.25) is 14.5 Å². The maximum atomic E-state index is 13.0. The van der Waals surface area contributed by atoms with E-state index in [1.54, 1.807) is 30.6 Å². The standard InChI is InChI=1S/C21H18Cl2N2O3S/c1-25(20(28)14(11-18(26)27)10-13-6-3-2-4-7-13)21-24-17(12-29-21)15-8-5-9-16(22)19(15)23/h2-9,12,14H,10-11H2,1H3,(H,26,27). The van der Waals surface area contributed by atoms with Crippen LogP contribution in [0.25, 0.3) is 11.3 Å². The lowest BCUT2D eigenvalue weighted by molar-refractivity contribution is -0.140. The Bertz CT molecular complexity index is 1020. The summed E-state index contributed by atoms with van der Waals surface area (Å²) in [6, 6.07) is 14.6. The topological polar surface area (TPSA) is 70.5 Å². The molecule has 150 valence electrons. The zero-order valence-electron chi connectivity index (χ0n) is 15.5. The molecule has 0 saturated heterocycles. The maximum absolute atomic E-state index is 13.0. The molecule has 5 nitrogen and oxygen atoms in total. The molecule has 0 bridgehead atoms. The average molecular weight is 449 g/mol. The third-order valence-corrected chi connectivity index (χ3v) is 6.17. The highest BCUT2D eigenvalue weighted by atomic mass is 35.5. The van der Waals surface area contributed by atoms with E-state index < -0.39 is 11.9 Å². The number of carbonyl (C=O) groups excluding carboxylic acids is 1. The maximum Gasteiger partial charge on any atom is 0.304 e. The van der Waals surface area contributed by atoms with E-state index in [9.17, 15) is 14.7 Å². The van der Waals surface area contributed by atoms with Gasteiger partial charge in [-0.05, 0) is 18.1 Å². The van der Waals surface area contributed by atoms with E-state index in [0.717, 1.165) is 5.56 Å². The summed E-state index contributed by atoms with van der Waals surface area (Å²) in [4.78, 5) is 30.3. The first-order valence-corrected chi connectivity index (χ1v) is 10.4. The van der Waals surface area contributed by atoms with Crippen molar-refractivity contribution in [1.29, 1.82) is 0 Å². The minimum absolute atomic E-state index is 0.254. The van der Waals surface area contributed by atoms with Crippen LogP contribution in [0.5, 0.6) is 0 Å². The van der Waals surface area contributed by atoms with Gasteiger partial charge in [0.2, 0.25) is 5.91 Å². The largest absolute Gasteiger partial charge is 0.481 e. The molecular weight excluding hydrogens is 431 g/mol. The Hall–Kier alpha value is -2.41. The lowest BCUT2D eigenvalue weighted by Crippen LogP contribution is -2.35. The molecule has 8 heteroatoms. The molecule has 0 aliphatic carbocycles. The van der Waals surface area contributed by atoms with Crippen LogP contribution in [0.1, 0.15) is 12.0 Å². The van der Waals surface area contributed by atoms with Crippen LogP contribution in [0.4, 0.5) is 5.13 Å². The van der Waals surface area contributed by atoms with Gasteiger partial charge in [0.25, 0.3) is 0 Å². The molecule has 3 rings (SSSR count). The van der Waals surface area contributed by atoms with Crippen molar-refractivity contribution in [3.05, 3.63) is 69.5 Å². The van der Waals surface area contributed by atoms with E-state index >= 15 is 0 Å². The summed E-state index contributed by atoms with van der Waals surface area (Å²) < 4.78 is 0. The van der Waals surface area contributed by atoms with E-state index in [1.165, 1.54) is 16.2 Å². The zero-order chi connectivity index (χ0) is 21.0. The Kier molecular flexibility index (Phi) is 6.90. The van der Waals surface area contributed by atoms with Crippen molar-refractivity contribution in [2.24, 2.45) is 5.92 Å². The second-order valence-electron chi connectivity index (χ2n) is 6.50. The first-order chi connectivity index (χ1) is 13.9. The minimum atomic E-state index is -1.02. The SMILES string of the molecule is CN(C(=O)C(CC(=O)O)Cc1ccccc1)c1nc(-c2cccc(Cl)c2Cl)cs1. The van der Waals surface area contributed by atoms with Gasteiger partial charge in [-0.1, -0.05) is 65.7 Å². The van der Waals surface area contributed by atoms with E-state index in [0.29, 0.717) is 32.9 Å². The predicted molar refractivity (Wildman–Crippen MR) is 117 cm³/mol. The van der Waals surface area contributed by atoms with Crippen LogP contribution in [0.3, 0.4) is 0 Å². The molecule has 0 radical (unpaired) electrons. The van der Waals surface area contributed by atoms with Crippen LogP contribution < -0.4 is 4.90 Å². The van der Waals surface area contributed by atoms with Crippen molar-refractivity contribution in [3.63, 3.8) is 0 Å². The van der Waals surface area contributed by atoms with Crippen molar-refractivity contribution >= 4 is 51.5 Å². The number of thiazole rings is 1. The fourth-order valence-electron chi connectivity index (χ4n) is 2.97. The number of rotatable bonds is 7. The first kappa shape index (κ1) is 21.3. The van der Waals surface area contributed by atoms with Gasteiger partial charge in [0.1, 0.15) is 0 Å². The molecule has 1 amide bonds. The highest BCUT2D eigenvalue weighted by molar-refractivity contribution is 7.14. The van der Waals surface area contributed by atoms with E-state index in [-0.39, 0.29) is 12.3 Å². The number of benzene rings is 2. The molecule has 3 aromatic rings. The number of aliphatic carboxylic acids is 1. The molecule has 0 spiro atoms. The Morgan fingerprint density at radius 2 is 1.86 bits per heavy atom. The molecule has 0 fully saturated rings. The fourth-order valence-corrected chi connectivity index (χ4v) is 4.16. The summed E-state index contributed by atoms with van der Waals surface area (Å²) in [5, 5.41) is 12.3. The Morgan fingerprint density at radius 3 is 2.55 bits per heavy atom. The second kappa shape index (κ2) is 9.39. The van der Waals surface area contributed by atoms with Crippen LogP contribution in [-0.4, -0.2) is 29.0 Å². The van der Waals surface area contributed by atoms with Crippen molar-refractivity contribution in [3.8, 4) is 11.3 Å². The lowest BCUT2D eigenvalue weighted by Gasteiger charge is -2.21. The summed E-state index contributed by atoms with van der Waals surface area (Å²) in [5.74, 6) is -2.01. The van der Waals surface area contributed by atoms with E-state index in [4.69, 9.17) is 23.2 Å². The Morgan fingerprint density at radius 1 is 1.14 bits per heavy atom. The summed E-state index contributed by atoms with van der Waals surface area (Å²) in [7, 11) is 1.60. The lowest BCUT2D eigenvalue weighted by atomic mass is 9.95. The van der Waals surface area contributed by atoms with Crippen molar-refractivity contribution in [1.82, 2.24) is 4.98 Å². The monoisotopic (exact) mass is 448 g/mol. The van der Waals surface area contributed by atoms with Gasteiger partial charge in [0.05, 0.1) is 28.1 Å². The molecule has 1 aromatic heterocycles. The van der Waals surface area contributed by atoms with Gasteiger partial charge in [0, 0.05) is 18.0 Å². The fraction of sp³-hybridized carbons (Fsp3) is 0.190. The first-order valence-electron chi connectivity index (χ1n) is 8.80. The molecule has 29 heavy (non-hydrogen) atoms. The molecule has 1 N–H and O–H groups in total. The summed E-state index contributed by atoms with van der Waals surface area (Å²) in [6.45, 7) is 0. The highest BCUT2D eigenvalue weighted by Gasteiger charge is 2.27. The van der Waals surface area contributed by atoms with Crippen LogP contribution >= 0.6 is 34.5 Å². The third-order valence-electron chi connectivity index (χ3n) is 4.43. The zero-order valence-corrected chi connectivity index (χ0v) is 17.8. The quantitative estimate of drug-likeness (QED) is 0.524. The number of carboxylic acids is 1. The van der Waals surface area contributed by atoms with Crippen molar-refractivity contribution in [2.75, 3.05) is 11.9 Å². The Balaban J connectivity index is 1.83. The van der Waals surface area contributed by atoms with E-state index in [2.05, 4.69) is 4.98 Å². The second-order valence-corrected chi connectivity index (χ2v) is 8.12. The van der Waals surface area contributed by atoms with Crippen molar-refractivity contribution in [2.45, 2.75) is 12.8 Å². The molecule has 2 aromatic carbocycles. The minimum Gasteiger partial charge on any atom is -0.481 e. The number of nitrogens with zero attached hydrogens (tertiary/aromatic N) is 2. The number of hydrogen-bond acceptors (Lipinski definition) is 4. The third kappa shape index (κ3) is 5.15. The van der Waals surface area contributed by atoms with Crippen LogP contribution in [0.2, 0.25) is 10.0 Å². The number of carbonyl (C=O) groups is 2.